The van der Waals surface area contributed by atoms with E-state index in [1.54, 1.807) is 6.07 Å². The minimum Gasteiger partial charge on any atom is -0.481 e. The number of hydrogen-bond acceptors (Lipinski definition) is 3. The first kappa shape index (κ1) is 15.9. The first-order valence-electron chi connectivity index (χ1n) is 7.04. The summed E-state index contributed by atoms with van der Waals surface area (Å²) in [6.07, 6.45) is 1.76. The number of carboxylic acids is 1. The monoisotopic (exact) mass is 299 g/mol. The zero-order valence-electron chi connectivity index (χ0n) is 11.7. The zero-order valence-corrected chi connectivity index (χ0v) is 11.7. The molecule has 0 bridgehead atoms. The summed E-state index contributed by atoms with van der Waals surface area (Å²) in [6, 6.07) is 3.96. The molecule has 1 heterocycles. The van der Waals surface area contributed by atoms with Crippen molar-refractivity contribution in [3.8, 4) is 0 Å². The van der Waals surface area contributed by atoms with Gasteiger partial charge in [-0.3, -0.25) is 9.69 Å². The Balaban J connectivity index is 1.73. The molecule has 116 valence electrons. The van der Waals surface area contributed by atoms with Crippen molar-refractivity contribution in [2.45, 2.75) is 31.9 Å². The molecule has 0 aromatic heterocycles. The lowest BCUT2D eigenvalue weighted by Crippen LogP contribution is -2.36. The van der Waals surface area contributed by atoms with Gasteiger partial charge in [0.25, 0.3) is 0 Å². The third-order valence-corrected chi connectivity index (χ3v) is 3.59. The van der Waals surface area contributed by atoms with Crippen LogP contribution in [0.15, 0.2) is 18.2 Å². The van der Waals surface area contributed by atoms with Crippen molar-refractivity contribution in [1.82, 2.24) is 4.90 Å². The summed E-state index contributed by atoms with van der Waals surface area (Å²) in [6.45, 7) is 2.43. The number of halogens is 2. The van der Waals surface area contributed by atoms with Gasteiger partial charge in [0.15, 0.2) is 11.6 Å². The van der Waals surface area contributed by atoms with E-state index in [4.69, 9.17) is 9.84 Å². The van der Waals surface area contributed by atoms with E-state index >= 15 is 0 Å². The summed E-state index contributed by atoms with van der Waals surface area (Å²) in [5, 5.41) is 8.55. The summed E-state index contributed by atoms with van der Waals surface area (Å²) < 4.78 is 31.5. The number of piperidine rings is 1. The summed E-state index contributed by atoms with van der Waals surface area (Å²) in [5.41, 5.74) is 0.749. The van der Waals surface area contributed by atoms with Crippen LogP contribution in [0.25, 0.3) is 0 Å². The Morgan fingerprint density at radius 1 is 1.29 bits per heavy atom. The van der Waals surface area contributed by atoms with Crippen LogP contribution in [0.4, 0.5) is 8.78 Å². The molecule has 1 aliphatic heterocycles. The van der Waals surface area contributed by atoms with Crippen molar-refractivity contribution in [3.05, 3.63) is 35.4 Å². The highest BCUT2D eigenvalue weighted by Gasteiger charge is 2.20. The first-order chi connectivity index (χ1) is 10.0. The number of ether oxygens (including phenoxy) is 1. The number of rotatable bonds is 6. The third-order valence-electron chi connectivity index (χ3n) is 3.59. The van der Waals surface area contributed by atoms with Gasteiger partial charge < -0.3 is 9.84 Å². The van der Waals surface area contributed by atoms with Gasteiger partial charge in [-0.15, -0.1) is 0 Å². The Kier molecular flexibility index (Phi) is 5.64. The summed E-state index contributed by atoms with van der Waals surface area (Å²) >= 11 is 0. The molecule has 0 amide bonds. The van der Waals surface area contributed by atoms with Gasteiger partial charge in [0.2, 0.25) is 0 Å². The Morgan fingerprint density at radius 2 is 2.00 bits per heavy atom. The minimum absolute atomic E-state index is 0.0229. The normalized spacial score (nSPS) is 17.0. The van der Waals surface area contributed by atoms with E-state index in [-0.39, 0.29) is 19.1 Å². The molecule has 1 aliphatic rings. The number of aliphatic carboxylic acids is 1. The fraction of sp³-hybridized carbons (Fsp3) is 0.533. The second-order valence-electron chi connectivity index (χ2n) is 5.24. The fourth-order valence-electron chi connectivity index (χ4n) is 2.44. The summed E-state index contributed by atoms with van der Waals surface area (Å²) in [5.74, 6) is -2.51. The van der Waals surface area contributed by atoms with Crippen molar-refractivity contribution < 1.29 is 23.4 Å². The number of nitrogens with zero attached hydrogens (tertiary/aromatic N) is 1. The highest BCUT2D eigenvalue weighted by molar-refractivity contribution is 5.66. The van der Waals surface area contributed by atoms with Gasteiger partial charge in [-0.25, -0.2) is 8.78 Å². The maximum Gasteiger partial charge on any atom is 0.305 e. The predicted octanol–water partition coefficient (Wildman–Crippen LogP) is 2.42. The van der Waals surface area contributed by atoms with Crippen LogP contribution in [0.3, 0.4) is 0 Å². The molecule has 0 unspecified atom stereocenters. The largest absolute Gasteiger partial charge is 0.481 e. The van der Waals surface area contributed by atoms with E-state index in [0.29, 0.717) is 6.54 Å². The van der Waals surface area contributed by atoms with Gasteiger partial charge in [-0.05, 0) is 30.5 Å². The maximum atomic E-state index is 13.1. The molecule has 1 saturated heterocycles. The van der Waals surface area contributed by atoms with Crippen LogP contribution in [0.2, 0.25) is 0 Å². The maximum absolute atomic E-state index is 13.1. The molecular formula is C15H19F2NO3. The van der Waals surface area contributed by atoms with Crippen LogP contribution in [0.5, 0.6) is 0 Å². The molecule has 0 saturated carbocycles. The Labute approximate surface area is 122 Å². The standard InChI is InChI=1S/C15H19F2NO3/c16-13-2-1-11(9-14(13)17)10-18-6-3-12(4-7-18)21-8-5-15(19)20/h1-2,9,12H,3-8,10H2,(H,19,20). The lowest BCUT2D eigenvalue weighted by Gasteiger charge is -2.31. The molecule has 1 aromatic carbocycles. The number of carboxylic acid groups (broad SMARTS) is 1. The number of carbonyl (C=O) groups is 1. The molecule has 0 aliphatic carbocycles. The molecule has 1 aromatic rings. The van der Waals surface area contributed by atoms with Crippen molar-refractivity contribution in [2.24, 2.45) is 0 Å². The van der Waals surface area contributed by atoms with Crippen LogP contribution in [-0.2, 0) is 16.1 Å². The molecule has 4 nitrogen and oxygen atoms in total. The van der Waals surface area contributed by atoms with Crippen molar-refractivity contribution >= 4 is 5.97 Å². The van der Waals surface area contributed by atoms with E-state index in [2.05, 4.69) is 4.90 Å². The Hall–Kier alpha value is -1.53. The molecule has 1 N–H and O–H groups in total. The fourth-order valence-corrected chi connectivity index (χ4v) is 2.44. The van der Waals surface area contributed by atoms with Crippen molar-refractivity contribution in [3.63, 3.8) is 0 Å². The lowest BCUT2D eigenvalue weighted by atomic mass is 10.1. The van der Waals surface area contributed by atoms with Gasteiger partial charge in [-0.2, -0.15) is 0 Å². The highest BCUT2D eigenvalue weighted by Crippen LogP contribution is 2.17. The molecule has 0 atom stereocenters. The quantitative estimate of drug-likeness (QED) is 0.876. The second kappa shape index (κ2) is 7.47. The van der Waals surface area contributed by atoms with E-state index < -0.39 is 17.6 Å². The first-order valence-corrected chi connectivity index (χ1v) is 7.04. The SMILES string of the molecule is O=C(O)CCOC1CCN(Cc2ccc(F)c(F)c2)CC1. The molecule has 1 fully saturated rings. The van der Waals surface area contributed by atoms with Crippen LogP contribution in [0.1, 0.15) is 24.8 Å². The van der Waals surface area contributed by atoms with E-state index in [0.717, 1.165) is 37.6 Å². The second-order valence-corrected chi connectivity index (χ2v) is 5.24. The topological polar surface area (TPSA) is 49.8 Å². The average Bonchev–Trinajstić information content (AvgIpc) is 2.44. The van der Waals surface area contributed by atoms with Gasteiger partial charge in [0.1, 0.15) is 0 Å². The van der Waals surface area contributed by atoms with Crippen LogP contribution < -0.4 is 0 Å². The smallest absolute Gasteiger partial charge is 0.305 e. The van der Waals surface area contributed by atoms with Crippen molar-refractivity contribution in [1.29, 1.82) is 0 Å². The van der Waals surface area contributed by atoms with Crippen LogP contribution in [-0.4, -0.2) is 41.8 Å². The molecule has 21 heavy (non-hydrogen) atoms. The average molecular weight is 299 g/mol. The Bertz CT molecular complexity index is 488. The molecule has 2 rings (SSSR count). The van der Waals surface area contributed by atoms with Crippen molar-refractivity contribution in [2.75, 3.05) is 19.7 Å². The molecular weight excluding hydrogens is 280 g/mol. The number of benzene rings is 1. The molecule has 6 heteroatoms. The van der Waals surface area contributed by atoms with Gasteiger partial charge in [0.05, 0.1) is 19.1 Å². The van der Waals surface area contributed by atoms with Crippen LogP contribution >= 0.6 is 0 Å². The van der Waals surface area contributed by atoms with E-state index in [9.17, 15) is 13.6 Å². The third kappa shape index (κ3) is 5.06. The van der Waals surface area contributed by atoms with Gasteiger partial charge >= 0.3 is 5.97 Å². The molecule has 0 radical (unpaired) electrons. The molecule has 0 spiro atoms. The zero-order chi connectivity index (χ0) is 15.2. The lowest BCUT2D eigenvalue weighted by molar-refractivity contribution is -0.138. The van der Waals surface area contributed by atoms with Crippen LogP contribution in [0, 0.1) is 11.6 Å². The highest BCUT2D eigenvalue weighted by atomic mass is 19.2. The minimum atomic E-state index is -0.856. The van der Waals surface area contributed by atoms with Gasteiger partial charge in [-0.1, -0.05) is 6.07 Å². The number of likely N-dealkylation sites (tertiary alicyclic amines) is 1. The predicted molar refractivity (Wildman–Crippen MR) is 72.9 cm³/mol. The van der Waals surface area contributed by atoms with E-state index in [1.807, 2.05) is 0 Å². The number of hydrogen-bond donors (Lipinski definition) is 1. The summed E-state index contributed by atoms with van der Waals surface area (Å²) in [4.78, 5) is 12.6. The summed E-state index contributed by atoms with van der Waals surface area (Å²) in [7, 11) is 0. The Morgan fingerprint density at radius 3 is 2.62 bits per heavy atom. The van der Waals surface area contributed by atoms with E-state index in [1.165, 1.54) is 6.07 Å². The van der Waals surface area contributed by atoms with Gasteiger partial charge in [0, 0.05) is 19.6 Å².